The Labute approximate surface area is 80.3 Å². The van der Waals surface area contributed by atoms with Crippen LogP contribution >= 0.6 is 0 Å². The Hall–Kier alpha value is -0.370. The molecule has 1 aliphatic carbocycles. The summed E-state index contributed by atoms with van der Waals surface area (Å²) in [5.74, 6) is 1.03. The van der Waals surface area contributed by atoms with Gasteiger partial charge in [0, 0.05) is 6.42 Å². The van der Waals surface area contributed by atoms with Gasteiger partial charge in [-0.3, -0.25) is 0 Å². The van der Waals surface area contributed by atoms with E-state index in [0.717, 1.165) is 19.1 Å². The minimum absolute atomic E-state index is 0.282. The van der Waals surface area contributed by atoms with E-state index in [1.54, 1.807) is 6.92 Å². The zero-order chi connectivity index (χ0) is 9.90. The van der Waals surface area contributed by atoms with E-state index in [0.29, 0.717) is 11.8 Å². The lowest BCUT2D eigenvalue weighted by atomic mass is 9.73. The third kappa shape index (κ3) is 2.80. The van der Waals surface area contributed by atoms with Crippen molar-refractivity contribution in [3.63, 3.8) is 0 Å². The van der Waals surface area contributed by atoms with Crippen LogP contribution in [0.2, 0.25) is 0 Å². The van der Waals surface area contributed by atoms with Gasteiger partial charge in [0.05, 0.1) is 5.60 Å². The van der Waals surface area contributed by atoms with Crippen LogP contribution < -0.4 is 0 Å². The van der Waals surface area contributed by atoms with Gasteiger partial charge >= 0.3 is 0 Å². The molecule has 0 amide bonds. The zero-order valence-corrected chi connectivity index (χ0v) is 8.62. The van der Waals surface area contributed by atoms with Crippen LogP contribution in [-0.4, -0.2) is 17.0 Å². The van der Waals surface area contributed by atoms with E-state index in [9.17, 15) is 9.90 Å². The molecular weight excluding hydrogens is 164 g/mol. The van der Waals surface area contributed by atoms with E-state index in [-0.39, 0.29) is 6.42 Å². The van der Waals surface area contributed by atoms with Crippen LogP contribution in [-0.2, 0) is 4.79 Å². The second-order valence-corrected chi connectivity index (χ2v) is 4.70. The van der Waals surface area contributed by atoms with Crippen molar-refractivity contribution in [2.24, 2.45) is 11.8 Å². The van der Waals surface area contributed by atoms with Gasteiger partial charge in [-0.15, -0.1) is 0 Å². The molecule has 1 fully saturated rings. The van der Waals surface area contributed by atoms with Gasteiger partial charge in [0.2, 0.25) is 0 Å². The second kappa shape index (κ2) is 4.23. The topological polar surface area (TPSA) is 37.3 Å². The number of rotatable bonds is 3. The molecule has 0 bridgehead atoms. The Kier molecular flexibility index (Phi) is 3.48. The van der Waals surface area contributed by atoms with Gasteiger partial charge in [0.1, 0.15) is 6.29 Å². The Balaban J connectivity index is 2.53. The fraction of sp³-hybridized carbons (Fsp3) is 0.909. The predicted molar refractivity (Wildman–Crippen MR) is 52.4 cm³/mol. The number of carbonyl (C=O) groups is 1. The summed E-state index contributed by atoms with van der Waals surface area (Å²) in [6, 6.07) is 0. The summed E-state index contributed by atoms with van der Waals surface area (Å²) in [4.78, 5) is 10.4. The lowest BCUT2D eigenvalue weighted by molar-refractivity contribution is -0.115. The Bertz CT molecular complexity index is 175. The summed E-state index contributed by atoms with van der Waals surface area (Å²) in [5.41, 5.74) is -0.767. The normalized spacial score (nSPS) is 33.8. The summed E-state index contributed by atoms with van der Waals surface area (Å²) >= 11 is 0. The average molecular weight is 184 g/mol. The number of aldehydes is 1. The lowest BCUT2D eigenvalue weighted by Gasteiger charge is -2.36. The van der Waals surface area contributed by atoms with Gasteiger partial charge in [0.15, 0.2) is 0 Å². The fourth-order valence-electron chi connectivity index (χ4n) is 2.33. The van der Waals surface area contributed by atoms with Crippen molar-refractivity contribution in [1.29, 1.82) is 0 Å². The van der Waals surface area contributed by atoms with E-state index in [1.165, 1.54) is 12.8 Å². The molecule has 76 valence electrons. The third-order valence-electron chi connectivity index (χ3n) is 3.31. The van der Waals surface area contributed by atoms with Crippen molar-refractivity contribution in [3.05, 3.63) is 0 Å². The van der Waals surface area contributed by atoms with E-state index in [4.69, 9.17) is 0 Å². The Morgan fingerprint density at radius 2 is 2.23 bits per heavy atom. The SMILES string of the molecule is CC1CCCC(C(C)(O)CC=O)C1. The average Bonchev–Trinajstić information content (AvgIpc) is 2.04. The van der Waals surface area contributed by atoms with Gasteiger partial charge in [-0.1, -0.05) is 19.8 Å². The monoisotopic (exact) mass is 184 g/mol. The summed E-state index contributed by atoms with van der Waals surface area (Å²) in [6.45, 7) is 4.02. The molecule has 0 aromatic carbocycles. The van der Waals surface area contributed by atoms with Crippen LogP contribution in [0.3, 0.4) is 0 Å². The maximum atomic E-state index is 10.4. The quantitative estimate of drug-likeness (QED) is 0.682. The Morgan fingerprint density at radius 1 is 1.54 bits per heavy atom. The van der Waals surface area contributed by atoms with Crippen molar-refractivity contribution < 1.29 is 9.90 Å². The largest absolute Gasteiger partial charge is 0.389 e. The van der Waals surface area contributed by atoms with Crippen molar-refractivity contribution in [3.8, 4) is 0 Å². The van der Waals surface area contributed by atoms with Crippen molar-refractivity contribution >= 4 is 6.29 Å². The molecule has 13 heavy (non-hydrogen) atoms. The molecule has 2 nitrogen and oxygen atoms in total. The predicted octanol–water partition coefficient (Wildman–Crippen LogP) is 2.15. The highest BCUT2D eigenvalue weighted by Crippen LogP contribution is 2.36. The van der Waals surface area contributed by atoms with Crippen molar-refractivity contribution in [1.82, 2.24) is 0 Å². The van der Waals surface area contributed by atoms with Crippen LogP contribution in [0.1, 0.15) is 46.0 Å². The summed E-state index contributed by atoms with van der Waals surface area (Å²) in [6.07, 6.45) is 5.73. The molecule has 1 saturated carbocycles. The maximum Gasteiger partial charge on any atom is 0.122 e. The highest BCUT2D eigenvalue weighted by molar-refractivity contribution is 5.51. The summed E-state index contributed by atoms with van der Waals surface area (Å²) < 4.78 is 0. The van der Waals surface area contributed by atoms with Gasteiger partial charge in [0.25, 0.3) is 0 Å². The second-order valence-electron chi connectivity index (χ2n) is 4.70. The molecule has 1 N–H and O–H groups in total. The van der Waals surface area contributed by atoms with Gasteiger partial charge in [-0.05, 0) is 31.6 Å². The maximum absolute atomic E-state index is 10.4. The molecule has 1 rings (SSSR count). The van der Waals surface area contributed by atoms with E-state index >= 15 is 0 Å². The molecule has 2 heteroatoms. The van der Waals surface area contributed by atoms with Crippen LogP contribution in [0, 0.1) is 11.8 Å². The molecule has 0 aromatic rings. The summed E-state index contributed by atoms with van der Waals surface area (Å²) in [7, 11) is 0. The van der Waals surface area contributed by atoms with Crippen molar-refractivity contribution in [2.75, 3.05) is 0 Å². The molecule has 0 heterocycles. The van der Waals surface area contributed by atoms with Crippen LogP contribution in [0.15, 0.2) is 0 Å². The van der Waals surface area contributed by atoms with Crippen LogP contribution in [0.5, 0.6) is 0 Å². The fourth-order valence-corrected chi connectivity index (χ4v) is 2.33. The first-order valence-electron chi connectivity index (χ1n) is 5.22. The molecule has 0 aliphatic heterocycles. The van der Waals surface area contributed by atoms with Gasteiger partial charge in [-0.25, -0.2) is 0 Å². The van der Waals surface area contributed by atoms with Crippen LogP contribution in [0.25, 0.3) is 0 Å². The molecule has 1 aliphatic rings. The third-order valence-corrected chi connectivity index (χ3v) is 3.31. The number of hydrogen-bond donors (Lipinski definition) is 1. The van der Waals surface area contributed by atoms with Crippen LogP contribution in [0.4, 0.5) is 0 Å². The van der Waals surface area contributed by atoms with E-state index in [2.05, 4.69) is 6.92 Å². The molecule has 0 radical (unpaired) electrons. The minimum Gasteiger partial charge on any atom is -0.389 e. The van der Waals surface area contributed by atoms with Gasteiger partial charge < -0.3 is 9.90 Å². The first-order valence-corrected chi connectivity index (χ1v) is 5.22. The molecular formula is C11H20O2. The lowest BCUT2D eigenvalue weighted by Crippen LogP contribution is -2.37. The highest BCUT2D eigenvalue weighted by Gasteiger charge is 2.34. The number of hydrogen-bond acceptors (Lipinski definition) is 2. The highest BCUT2D eigenvalue weighted by atomic mass is 16.3. The molecule has 0 aromatic heterocycles. The zero-order valence-electron chi connectivity index (χ0n) is 8.62. The molecule has 0 saturated heterocycles. The Morgan fingerprint density at radius 3 is 2.77 bits per heavy atom. The van der Waals surface area contributed by atoms with E-state index in [1.807, 2.05) is 0 Å². The van der Waals surface area contributed by atoms with Crippen molar-refractivity contribution in [2.45, 2.75) is 51.6 Å². The number of aliphatic hydroxyl groups is 1. The minimum atomic E-state index is -0.767. The first-order chi connectivity index (χ1) is 6.06. The molecule has 0 spiro atoms. The molecule has 3 unspecified atom stereocenters. The molecule has 3 atom stereocenters. The number of carbonyl (C=O) groups excluding carboxylic acids is 1. The van der Waals surface area contributed by atoms with Gasteiger partial charge in [-0.2, -0.15) is 0 Å². The standard InChI is InChI=1S/C11H20O2/c1-9-4-3-5-10(8-9)11(2,13)6-7-12/h7,9-10,13H,3-6,8H2,1-2H3. The first kappa shape index (κ1) is 10.7. The smallest absolute Gasteiger partial charge is 0.122 e. The summed E-state index contributed by atoms with van der Waals surface area (Å²) in [5, 5.41) is 10.0. The van der Waals surface area contributed by atoms with E-state index < -0.39 is 5.60 Å².